The Kier molecular flexibility index (Phi) is 3.55. The van der Waals surface area contributed by atoms with Crippen LogP contribution < -0.4 is 4.74 Å². The van der Waals surface area contributed by atoms with Crippen molar-refractivity contribution in [2.24, 2.45) is 22.7 Å². The average molecular weight is 312 g/mol. The van der Waals surface area contributed by atoms with Crippen LogP contribution in [0.15, 0.2) is 18.2 Å². The molecule has 0 heterocycles. The van der Waals surface area contributed by atoms with Crippen LogP contribution in [0.25, 0.3) is 0 Å². The monoisotopic (exact) mass is 312 g/mol. The Bertz CT molecular complexity index is 606. The first-order valence-corrected chi connectivity index (χ1v) is 9.66. The van der Waals surface area contributed by atoms with Crippen molar-refractivity contribution >= 4 is 0 Å². The van der Waals surface area contributed by atoms with Gasteiger partial charge < -0.3 is 4.74 Å². The second-order valence-corrected chi connectivity index (χ2v) is 9.05. The highest BCUT2D eigenvalue weighted by Crippen LogP contribution is 2.66. The second-order valence-electron chi connectivity index (χ2n) is 9.05. The molecule has 0 aliphatic heterocycles. The molecule has 126 valence electrons. The summed E-state index contributed by atoms with van der Waals surface area (Å²) in [7, 11) is 1.78. The molecule has 4 rings (SSSR count). The van der Waals surface area contributed by atoms with Gasteiger partial charge in [-0.25, -0.2) is 0 Å². The Labute approximate surface area is 141 Å². The van der Waals surface area contributed by atoms with Gasteiger partial charge in [-0.1, -0.05) is 33.3 Å². The van der Waals surface area contributed by atoms with Gasteiger partial charge in [0, 0.05) is 0 Å². The van der Waals surface area contributed by atoms with Crippen molar-refractivity contribution in [2.75, 3.05) is 7.11 Å². The van der Waals surface area contributed by atoms with E-state index in [4.69, 9.17) is 4.74 Å². The summed E-state index contributed by atoms with van der Waals surface area (Å²) in [5.41, 5.74) is 4.27. The van der Waals surface area contributed by atoms with Crippen molar-refractivity contribution in [2.45, 2.75) is 71.6 Å². The van der Waals surface area contributed by atoms with Crippen LogP contribution >= 0.6 is 0 Å². The number of hydrogen-bond donors (Lipinski definition) is 0. The first-order chi connectivity index (χ1) is 11.0. The number of ether oxygens (including phenoxy) is 1. The van der Waals surface area contributed by atoms with Crippen molar-refractivity contribution in [1.82, 2.24) is 0 Å². The topological polar surface area (TPSA) is 9.23 Å². The van der Waals surface area contributed by atoms with Gasteiger partial charge in [-0.2, -0.15) is 0 Å². The van der Waals surface area contributed by atoms with Crippen molar-refractivity contribution in [3.8, 4) is 5.75 Å². The third-order valence-electron chi connectivity index (χ3n) is 8.27. The van der Waals surface area contributed by atoms with E-state index >= 15 is 0 Å². The molecule has 5 atom stereocenters. The van der Waals surface area contributed by atoms with Gasteiger partial charge in [0.05, 0.1) is 7.11 Å². The summed E-state index contributed by atoms with van der Waals surface area (Å²) >= 11 is 0. The normalized spacial score (nSPS) is 42.3. The zero-order valence-corrected chi connectivity index (χ0v) is 15.3. The van der Waals surface area contributed by atoms with E-state index in [9.17, 15) is 0 Å². The molecular weight excluding hydrogens is 280 g/mol. The smallest absolute Gasteiger partial charge is 0.119 e. The van der Waals surface area contributed by atoms with Gasteiger partial charge in [0.15, 0.2) is 0 Å². The van der Waals surface area contributed by atoms with Crippen LogP contribution in [-0.2, 0) is 6.42 Å². The van der Waals surface area contributed by atoms with Crippen LogP contribution in [0.3, 0.4) is 0 Å². The van der Waals surface area contributed by atoms with E-state index in [0.29, 0.717) is 10.8 Å². The lowest BCUT2D eigenvalue weighted by Gasteiger charge is -2.50. The minimum absolute atomic E-state index is 0.498. The Morgan fingerprint density at radius 2 is 1.87 bits per heavy atom. The van der Waals surface area contributed by atoms with E-state index in [1.165, 1.54) is 44.9 Å². The summed E-state index contributed by atoms with van der Waals surface area (Å²) in [6.45, 7) is 7.77. The van der Waals surface area contributed by atoms with Crippen LogP contribution in [0.4, 0.5) is 0 Å². The first-order valence-electron chi connectivity index (χ1n) is 9.66. The lowest BCUT2D eigenvalue weighted by atomic mass is 9.54. The number of rotatable bonds is 1. The van der Waals surface area contributed by atoms with E-state index in [1.54, 1.807) is 18.2 Å². The van der Waals surface area contributed by atoms with Gasteiger partial charge in [0.25, 0.3) is 0 Å². The Morgan fingerprint density at radius 1 is 1.04 bits per heavy atom. The molecular formula is C22H32O. The predicted octanol–water partition coefficient (Wildman–Crippen LogP) is 5.97. The average Bonchev–Trinajstić information content (AvgIpc) is 2.78. The molecule has 5 unspecified atom stereocenters. The van der Waals surface area contributed by atoms with Gasteiger partial charge in [0.1, 0.15) is 5.75 Å². The summed E-state index contributed by atoms with van der Waals surface area (Å²) in [5, 5.41) is 0. The fraction of sp³-hybridized carbons (Fsp3) is 0.727. The van der Waals surface area contributed by atoms with Gasteiger partial charge in [-0.15, -0.1) is 0 Å². The maximum atomic E-state index is 5.47. The molecule has 2 saturated carbocycles. The van der Waals surface area contributed by atoms with E-state index in [2.05, 4.69) is 39.0 Å². The Morgan fingerprint density at radius 3 is 2.65 bits per heavy atom. The molecule has 3 aliphatic rings. The molecule has 1 heteroatoms. The number of hydrogen-bond acceptors (Lipinski definition) is 1. The van der Waals surface area contributed by atoms with Crippen LogP contribution in [-0.4, -0.2) is 7.11 Å². The minimum Gasteiger partial charge on any atom is -0.497 e. The summed E-state index contributed by atoms with van der Waals surface area (Å²) in [6, 6.07) is 6.87. The molecule has 1 aromatic rings. The van der Waals surface area contributed by atoms with Gasteiger partial charge >= 0.3 is 0 Å². The highest BCUT2D eigenvalue weighted by molar-refractivity contribution is 5.41. The molecule has 23 heavy (non-hydrogen) atoms. The predicted molar refractivity (Wildman–Crippen MR) is 96.0 cm³/mol. The molecule has 1 nitrogen and oxygen atoms in total. The Balaban J connectivity index is 1.78. The summed E-state index contributed by atoms with van der Waals surface area (Å²) in [5.74, 6) is 3.60. The molecule has 0 saturated heterocycles. The maximum Gasteiger partial charge on any atom is 0.119 e. The molecule has 0 bridgehead atoms. The third-order valence-corrected chi connectivity index (χ3v) is 8.27. The van der Waals surface area contributed by atoms with E-state index < -0.39 is 0 Å². The first kappa shape index (κ1) is 15.5. The molecule has 0 radical (unpaired) electrons. The van der Waals surface area contributed by atoms with Crippen LogP contribution in [0.5, 0.6) is 5.75 Å². The van der Waals surface area contributed by atoms with Crippen molar-refractivity contribution < 1.29 is 4.74 Å². The van der Waals surface area contributed by atoms with E-state index in [0.717, 1.165) is 23.5 Å². The fourth-order valence-corrected chi connectivity index (χ4v) is 6.71. The SMILES string of the molecule is COc1ccc2c(c1)CCC1(C)C2CCCC2(C)C(C)CCC21. The lowest BCUT2D eigenvalue weighted by molar-refractivity contribution is 0.0297. The third kappa shape index (κ3) is 2.11. The second kappa shape index (κ2) is 5.26. The van der Waals surface area contributed by atoms with Gasteiger partial charge in [-0.3, -0.25) is 0 Å². The fourth-order valence-electron chi connectivity index (χ4n) is 6.71. The van der Waals surface area contributed by atoms with Crippen LogP contribution in [0.1, 0.15) is 76.3 Å². The van der Waals surface area contributed by atoms with Crippen molar-refractivity contribution in [1.29, 1.82) is 0 Å². The summed E-state index contributed by atoms with van der Waals surface area (Å²) < 4.78 is 5.47. The largest absolute Gasteiger partial charge is 0.497 e. The Hall–Kier alpha value is -0.980. The minimum atomic E-state index is 0.498. The molecule has 0 N–H and O–H groups in total. The summed E-state index contributed by atoms with van der Waals surface area (Å²) in [4.78, 5) is 0. The number of methoxy groups -OCH3 is 1. The van der Waals surface area contributed by atoms with Crippen molar-refractivity contribution in [3.63, 3.8) is 0 Å². The zero-order chi connectivity index (χ0) is 16.2. The highest BCUT2D eigenvalue weighted by atomic mass is 16.5. The lowest BCUT2D eigenvalue weighted by Crippen LogP contribution is -2.42. The number of benzene rings is 1. The maximum absolute atomic E-state index is 5.47. The molecule has 3 aliphatic carbocycles. The van der Waals surface area contributed by atoms with Gasteiger partial charge in [0.2, 0.25) is 0 Å². The standard InChI is InChI=1S/C22H32O/c1-15-7-10-20-21(15,2)12-5-6-19-18-9-8-17(23-4)14-16(18)11-13-22(19,20)3/h8-9,14-15,19-20H,5-7,10-13H2,1-4H3. The molecule has 0 aromatic heterocycles. The molecule has 0 spiro atoms. The highest BCUT2D eigenvalue weighted by Gasteiger charge is 2.56. The molecule has 2 fully saturated rings. The molecule has 1 aromatic carbocycles. The van der Waals surface area contributed by atoms with Crippen LogP contribution in [0, 0.1) is 22.7 Å². The van der Waals surface area contributed by atoms with E-state index in [1.807, 2.05) is 0 Å². The quantitative estimate of drug-likeness (QED) is 0.621. The van der Waals surface area contributed by atoms with Crippen LogP contribution in [0.2, 0.25) is 0 Å². The molecule has 0 amide bonds. The summed E-state index contributed by atoms with van der Waals surface area (Å²) in [6.07, 6.45) is 9.73. The van der Waals surface area contributed by atoms with E-state index in [-0.39, 0.29) is 0 Å². The zero-order valence-electron chi connectivity index (χ0n) is 15.3. The number of aryl methyl sites for hydroxylation is 1. The van der Waals surface area contributed by atoms with Gasteiger partial charge in [-0.05, 0) is 90.4 Å². The number of fused-ring (bicyclic) bond motifs is 5. The van der Waals surface area contributed by atoms with Crippen molar-refractivity contribution in [3.05, 3.63) is 29.3 Å².